The highest BCUT2D eigenvalue weighted by Gasteiger charge is 2.32. The standard InChI is InChI=1S/C39H41NO7/c1-3-45-39(43)32-18-22-36(35(25-32)37(41)40-33-19-17-31(24-33)38(42)44-2)46-23-7-8-27-13-20-34(21-14-27)47-26-28-11-15-30(16-12-28)29-9-5-4-6-10-29/h4-6,9-16,18,20-22,25,31,33H,3,7-8,17,19,23-24,26H2,1-2H3,(H,40,41)/t31-,33+/m0/s1. The molecule has 8 heteroatoms. The Hall–Kier alpha value is -5.11. The van der Waals surface area contributed by atoms with Crippen molar-refractivity contribution in [1.82, 2.24) is 5.32 Å². The third-order valence-electron chi connectivity index (χ3n) is 8.29. The molecule has 1 saturated carbocycles. The van der Waals surface area contributed by atoms with Crippen molar-refractivity contribution in [3.63, 3.8) is 0 Å². The summed E-state index contributed by atoms with van der Waals surface area (Å²) in [5, 5.41) is 3.00. The lowest BCUT2D eigenvalue weighted by molar-refractivity contribution is -0.145. The van der Waals surface area contributed by atoms with Gasteiger partial charge in [-0.1, -0.05) is 66.7 Å². The first kappa shape index (κ1) is 33.3. The van der Waals surface area contributed by atoms with Gasteiger partial charge in [-0.15, -0.1) is 0 Å². The Morgan fingerprint density at radius 3 is 2.26 bits per heavy atom. The van der Waals surface area contributed by atoms with Crippen LogP contribution in [0.25, 0.3) is 11.1 Å². The van der Waals surface area contributed by atoms with E-state index < -0.39 is 5.97 Å². The van der Waals surface area contributed by atoms with E-state index in [1.807, 2.05) is 42.5 Å². The minimum absolute atomic E-state index is 0.169. The Labute approximate surface area is 276 Å². The van der Waals surface area contributed by atoms with Crippen LogP contribution in [-0.2, 0) is 27.3 Å². The number of hydrogen-bond acceptors (Lipinski definition) is 7. The number of nitrogens with one attached hydrogen (secondary N) is 1. The van der Waals surface area contributed by atoms with Crippen LogP contribution >= 0.6 is 0 Å². The van der Waals surface area contributed by atoms with Gasteiger partial charge in [0.25, 0.3) is 5.91 Å². The summed E-state index contributed by atoms with van der Waals surface area (Å²) in [6.45, 7) is 2.82. The van der Waals surface area contributed by atoms with E-state index in [9.17, 15) is 14.4 Å². The number of methoxy groups -OCH3 is 1. The van der Waals surface area contributed by atoms with Crippen molar-refractivity contribution in [3.8, 4) is 22.6 Å². The fourth-order valence-corrected chi connectivity index (χ4v) is 5.73. The number of aryl methyl sites for hydroxylation is 1. The van der Waals surface area contributed by atoms with Crippen molar-refractivity contribution in [1.29, 1.82) is 0 Å². The van der Waals surface area contributed by atoms with Crippen molar-refractivity contribution in [3.05, 3.63) is 119 Å². The molecule has 1 aliphatic carbocycles. The van der Waals surface area contributed by atoms with Gasteiger partial charge in [0.15, 0.2) is 0 Å². The molecular formula is C39H41NO7. The highest BCUT2D eigenvalue weighted by Crippen LogP contribution is 2.28. The van der Waals surface area contributed by atoms with Crippen LogP contribution in [0, 0.1) is 5.92 Å². The van der Waals surface area contributed by atoms with E-state index in [0.717, 1.165) is 29.7 Å². The molecule has 1 amide bonds. The van der Waals surface area contributed by atoms with E-state index in [2.05, 4.69) is 41.7 Å². The van der Waals surface area contributed by atoms with Crippen LogP contribution in [0.5, 0.6) is 11.5 Å². The van der Waals surface area contributed by atoms with Gasteiger partial charge in [0, 0.05) is 6.04 Å². The molecule has 0 bridgehead atoms. The van der Waals surface area contributed by atoms with Crippen LogP contribution in [0.4, 0.5) is 0 Å². The first-order valence-electron chi connectivity index (χ1n) is 16.1. The first-order valence-corrected chi connectivity index (χ1v) is 16.1. The van der Waals surface area contributed by atoms with Crippen molar-refractivity contribution < 1.29 is 33.3 Å². The Kier molecular flexibility index (Phi) is 11.6. The molecule has 8 nitrogen and oxygen atoms in total. The predicted octanol–water partition coefficient (Wildman–Crippen LogP) is 7.19. The number of carbonyl (C=O) groups excluding carboxylic acids is 3. The number of amides is 1. The van der Waals surface area contributed by atoms with Crippen LogP contribution in [0.2, 0.25) is 0 Å². The molecule has 0 radical (unpaired) electrons. The Bertz CT molecular complexity index is 1630. The molecule has 0 aliphatic heterocycles. The summed E-state index contributed by atoms with van der Waals surface area (Å²) < 4.78 is 22.1. The summed E-state index contributed by atoms with van der Waals surface area (Å²) in [6.07, 6.45) is 3.33. The molecule has 0 unspecified atom stereocenters. The summed E-state index contributed by atoms with van der Waals surface area (Å²) >= 11 is 0. The fraction of sp³-hybridized carbons (Fsp3) is 0.308. The van der Waals surface area contributed by atoms with Gasteiger partial charge in [0.2, 0.25) is 0 Å². The molecule has 5 rings (SSSR count). The maximum Gasteiger partial charge on any atom is 0.338 e. The number of esters is 2. The van der Waals surface area contributed by atoms with Crippen LogP contribution in [-0.4, -0.2) is 44.2 Å². The van der Waals surface area contributed by atoms with Gasteiger partial charge in [-0.25, -0.2) is 4.79 Å². The summed E-state index contributed by atoms with van der Waals surface area (Å²) in [5.74, 6) is -0.168. The normalized spacial score (nSPS) is 15.4. The summed E-state index contributed by atoms with van der Waals surface area (Å²) in [6, 6.07) is 31.3. The van der Waals surface area contributed by atoms with Crippen LogP contribution in [0.1, 0.15) is 64.4 Å². The highest BCUT2D eigenvalue weighted by molar-refractivity contribution is 6.00. The molecule has 0 aromatic heterocycles. The Morgan fingerprint density at radius 2 is 1.53 bits per heavy atom. The van der Waals surface area contributed by atoms with E-state index in [1.54, 1.807) is 19.1 Å². The number of rotatable bonds is 14. The Morgan fingerprint density at radius 1 is 0.809 bits per heavy atom. The van der Waals surface area contributed by atoms with Crippen LogP contribution in [0.3, 0.4) is 0 Å². The van der Waals surface area contributed by atoms with E-state index in [1.165, 1.54) is 24.3 Å². The van der Waals surface area contributed by atoms with Crippen molar-refractivity contribution in [2.45, 2.75) is 51.7 Å². The lowest BCUT2D eigenvalue weighted by Crippen LogP contribution is -2.34. The summed E-state index contributed by atoms with van der Waals surface area (Å²) in [5.41, 5.74) is 5.14. The maximum atomic E-state index is 13.3. The second-order valence-electron chi connectivity index (χ2n) is 11.6. The molecule has 1 fully saturated rings. The lowest BCUT2D eigenvalue weighted by Gasteiger charge is -2.16. The average Bonchev–Trinajstić information content (AvgIpc) is 3.58. The fourth-order valence-electron chi connectivity index (χ4n) is 5.73. The minimum Gasteiger partial charge on any atom is -0.493 e. The number of carbonyl (C=O) groups is 3. The van der Waals surface area contributed by atoms with Gasteiger partial charge in [-0.3, -0.25) is 9.59 Å². The smallest absolute Gasteiger partial charge is 0.338 e. The topological polar surface area (TPSA) is 100 Å². The van der Waals surface area contributed by atoms with Crippen molar-refractivity contribution >= 4 is 17.8 Å². The Balaban J connectivity index is 1.12. The second-order valence-corrected chi connectivity index (χ2v) is 11.6. The van der Waals surface area contributed by atoms with Gasteiger partial charge >= 0.3 is 11.9 Å². The van der Waals surface area contributed by atoms with Gasteiger partial charge in [-0.05, 0) is 91.6 Å². The van der Waals surface area contributed by atoms with Gasteiger partial charge in [0.05, 0.1) is 37.4 Å². The molecule has 244 valence electrons. The molecule has 47 heavy (non-hydrogen) atoms. The lowest BCUT2D eigenvalue weighted by atomic mass is 10.0. The molecule has 4 aromatic carbocycles. The van der Waals surface area contributed by atoms with Crippen LogP contribution in [0.15, 0.2) is 97.1 Å². The number of benzene rings is 4. The van der Waals surface area contributed by atoms with Crippen molar-refractivity contribution in [2.24, 2.45) is 5.92 Å². The molecule has 0 spiro atoms. The average molecular weight is 636 g/mol. The monoisotopic (exact) mass is 635 g/mol. The molecule has 4 aromatic rings. The highest BCUT2D eigenvalue weighted by atomic mass is 16.5. The molecule has 2 atom stereocenters. The second kappa shape index (κ2) is 16.5. The van der Waals surface area contributed by atoms with E-state index in [0.29, 0.717) is 38.2 Å². The summed E-state index contributed by atoms with van der Waals surface area (Å²) in [7, 11) is 1.37. The molecule has 1 N–H and O–H groups in total. The van der Waals surface area contributed by atoms with Crippen molar-refractivity contribution in [2.75, 3.05) is 20.3 Å². The first-order chi connectivity index (χ1) is 22.9. The van der Waals surface area contributed by atoms with Crippen LogP contribution < -0.4 is 14.8 Å². The van der Waals surface area contributed by atoms with Gasteiger partial charge < -0.3 is 24.3 Å². The number of ether oxygens (including phenoxy) is 4. The van der Waals surface area contributed by atoms with Gasteiger partial charge in [0.1, 0.15) is 18.1 Å². The zero-order chi connectivity index (χ0) is 33.0. The molecule has 0 saturated heterocycles. The molecule has 1 aliphatic rings. The van der Waals surface area contributed by atoms with E-state index in [-0.39, 0.29) is 41.6 Å². The largest absolute Gasteiger partial charge is 0.493 e. The zero-order valence-corrected chi connectivity index (χ0v) is 26.9. The minimum atomic E-state index is -0.506. The quantitative estimate of drug-likeness (QED) is 0.116. The maximum absolute atomic E-state index is 13.3. The van der Waals surface area contributed by atoms with E-state index in [4.69, 9.17) is 18.9 Å². The third kappa shape index (κ3) is 9.22. The predicted molar refractivity (Wildman–Crippen MR) is 179 cm³/mol. The zero-order valence-electron chi connectivity index (χ0n) is 26.9. The SMILES string of the molecule is CCOC(=O)c1ccc(OCCCc2ccc(OCc3ccc(-c4ccccc4)cc3)cc2)c(C(=O)N[C@@H]2CC[C@H](C(=O)OC)C2)c1. The third-order valence-corrected chi connectivity index (χ3v) is 8.29. The number of hydrogen-bond donors (Lipinski definition) is 1. The molecular weight excluding hydrogens is 594 g/mol. The van der Waals surface area contributed by atoms with E-state index >= 15 is 0 Å². The molecule has 0 heterocycles. The summed E-state index contributed by atoms with van der Waals surface area (Å²) in [4.78, 5) is 37.7. The van der Waals surface area contributed by atoms with Gasteiger partial charge in [-0.2, -0.15) is 0 Å².